The van der Waals surface area contributed by atoms with E-state index in [9.17, 15) is 14.0 Å². The summed E-state index contributed by atoms with van der Waals surface area (Å²) in [5.41, 5.74) is 0.470. The number of aryl methyl sites for hydroxylation is 1. The van der Waals surface area contributed by atoms with Gasteiger partial charge in [-0.3, -0.25) is 14.9 Å². The molecule has 0 saturated heterocycles. The Bertz CT molecular complexity index is 725. The number of nitrogens with zero attached hydrogens (tertiary/aromatic N) is 3. The average molecular weight is 303 g/mol. The van der Waals surface area contributed by atoms with Crippen LogP contribution >= 0.6 is 0 Å². The molecule has 0 aliphatic carbocycles. The van der Waals surface area contributed by atoms with Gasteiger partial charge in [-0.05, 0) is 24.3 Å². The first kappa shape index (κ1) is 14.2. The van der Waals surface area contributed by atoms with Gasteiger partial charge in [-0.15, -0.1) is 0 Å². The largest absolute Gasteiger partial charge is 0.326 e. The quantitative estimate of drug-likeness (QED) is 0.896. The van der Waals surface area contributed by atoms with E-state index in [2.05, 4.69) is 20.7 Å². The van der Waals surface area contributed by atoms with Crippen molar-refractivity contribution in [2.24, 2.45) is 0 Å². The minimum atomic E-state index is -0.719. The van der Waals surface area contributed by atoms with Crippen molar-refractivity contribution >= 4 is 23.5 Å². The highest BCUT2D eigenvalue weighted by molar-refractivity contribution is 6.00. The number of benzene rings is 1. The Labute approximate surface area is 125 Å². The highest BCUT2D eigenvalue weighted by atomic mass is 19.1. The molecule has 2 heterocycles. The summed E-state index contributed by atoms with van der Waals surface area (Å²) in [7, 11) is 0. The summed E-state index contributed by atoms with van der Waals surface area (Å²) in [6, 6.07) is 4.70. The van der Waals surface area contributed by atoms with Gasteiger partial charge in [0.15, 0.2) is 5.82 Å². The first-order chi connectivity index (χ1) is 10.6. The maximum absolute atomic E-state index is 12.8. The maximum Gasteiger partial charge on any atom is 0.252 e. The number of amides is 2. The molecule has 2 aromatic rings. The van der Waals surface area contributed by atoms with Gasteiger partial charge in [0.25, 0.3) is 5.91 Å². The van der Waals surface area contributed by atoms with Crippen molar-refractivity contribution in [3.8, 4) is 0 Å². The van der Waals surface area contributed by atoms with Crippen LogP contribution in [0.25, 0.3) is 0 Å². The molecular weight excluding hydrogens is 289 g/mol. The minimum Gasteiger partial charge on any atom is -0.326 e. The second-order valence-corrected chi connectivity index (χ2v) is 4.91. The lowest BCUT2D eigenvalue weighted by Gasteiger charge is -2.09. The summed E-state index contributed by atoms with van der Waals surface area (Å²) in [6.45, 7) is 1.91. The fraction of sp³-hybridized carbons (Fsp3) is 0.286. The molecule has 3 rings (SSSR count). The topological polar surface area (TPSA) is 88.9 Å². The summed E-state index contributed by atoms with van der Waals surface area (Å²) >= 11 is 0. The summed E-state index contributed by atoms with van der Waals surface area (Å²) in [5.74, 6) is -0.0760. The zero-order valence-electron chi connectivity index (χ0n) is 11.8. The van der Waals surface area contributed by atoms with Gasteiger partial charge >= 0.3 is 0 Å². The van der Waals surface area contributed by atoms with E-state index < -0.39 is 6.04 Å². The molecule has 1 aromatic carbocycles. The van der Waals surface area contributed by atoms with Gasteiger partial charge in [-0.1, -0.05) is 6.92 Å². The third kappa shape index (κ3) is 2.67. The Kier molecular flexibility index (Phi) is 3.58. The number of halogens is 1. The lowest BCUT2D eigenvalue weighted by atomic mass is 10.2. The second kappa shape index (κ2) is 5.55. The van der Waals surface area contributed by atoms with Gasteiger partial charge in [0.05, 0.1) is 6.42 Å². The van der Waals surface area contributed by atoms with Crippen LogP contribution < -0.4 is 10.6 Å². The Balaban J connectivity index is 1.70. The minimum absolute atomic E-state index is 0.0667. The van der Waals surface area contributed by atoms with E-state index in [1.807, 2.05) is 6.92 Å². The third-order valence-corrected chi connectivity index (χ3v) is 3.33. The highest BCUT2D eigenvalue weighted by Gasteiger charge is 2.34. The predicted molar refractivity (Wildman–Crippen MR) is 76.7 cm³/mol. The average Bonchev–Trinajstić information content (AvgIpc) is 3.00. The van der Waals surface area contributed by atoms with Crippen molar-refractivity contribution in [1.29, 1.82) is 0 Å². The van der Waals surface area contributed by atoms with E-state index >= 15 is 0 Å². The van der Waals surface area contributed by atoms with Crippen molar-refractivity contribution in [2.45, 2.75) is 25.8 Å². The van der Waals surface area contributed by atoms with Crippen LogP contribution in [0.2, 0.25) is 0 Å². The van der Waals surface area contributed by atoms with Gasteiger partial charge < -0.3 is 5.32 Å². The van der Waals surface area contributed by atoms with Crippen LogP contribution in [-0.2, 0) is 16.0 Å². The van der Waals surface area contributed by atoms with Gasteiger partial charge in [-0.2, -0.15) is 10.1 Å². The molecule has 0 spiro atoms. The van der Waals surface area contributed by atoms with Gasteiger partial charge in [0.1, 0.15) is 11.9 Å². The van der Waals surface area contributed by atoms with Crippen LogP contribution in [0.3, 0.4) is 0 Å². The number of carbonyl (C=O) groups is 2. The summed E-state index contributed by atoms with van der Waals surface area (Å²) in [5, 5.41) is 9.43. The van der Waals surface area contributed by atoms with E-state index in [1.165, 1.54) is 28.9 Å². The molecule has 2 amide bonds. The Morgan fingerprint density at radius 2 is 2.14 bits per heavy atom. The Morgan fingerprint density at radius 3 is 2.82 bits per heavy atom. The zero-order valence-corrected chi connectivity index (χ0v) is 11.8. The molecule has 0 radical (unpaired) electrons. The number of nitrogens with one attached hydrogen (secondary N) is 2. The number of aromatic nitrogens is 3. The number of hydrogen-bond donors (Lipinski definition) is 2. The summed E-state index contributed by atoms with van der Waals surface area (Å²) in [4.78, 5) is 28.1. The van der Waals surface area contributed by atoms with E-state index in [-0.39, 0.29) is 24.1 Å². The lowest BCUT2D eigenvalue weighted by molar-refractivity contribution is -0.123. The van der Waals surface area contributed by atoms with E-state index in [1.54, 1.807) is 0 Å². The SMILES string of the molecule is CCc1nc2n(n1)[C@@H](CC(=O)Nc1ccc(F)cc1)C(=O)N2. The molecule has 22 heavy (non-hydrogen) atoms. The molecule has 0 bridgehead atoms. The summed E-state index contributed by atoms with van der Waals surface area (Å²) in [6.07, 6.45) is 0.576. The van der Waals surface area contributed by atoms with Gasteiger partial charge in [-0.25, -0.2) is 9.07 Å². The lowest BCUT2D eigenvalue weighted by Crippen LogP contribution is -2.24. The molecule has 1 aliphatic rings. The number of hydrogen-bond acceptors (Lipinski definition) is 4. The molecule has 0 unspecified atom stereocenters. The van der Waals surface area contributed by atoms with Crippen LogP contribution in [0.15, 0.2) is 24.3 Å². The van der Waals surface area contributed by atoms with Crippen molar-refractivity contribution in [3.05, 3.63) is 35.9 Å². The smallest absolute Gasteiger partial charge is 0.252 e. The highest BCUT2D eigenvalue weighted by Crippen LogP contribution is 2.25. The molecule has 0 fully saturated rings. The second-order valence-electron chi connectivity index (χ2n) is 4.91. The van der Waals surface area contributed by atoms with Crippen molar-refractivity contribution in [2.75, 3.05) is 10.6 Å². The van der Waals surface area contributed by atoms with E-state index in [0.717, 1.165) is 0 Å². The molecule has 1 aliphatic heterocycles. The number of anilines is 2. The monoisotopic (exact) mass is 303 g/mol. The third-order valence-electron chi connectivity index (χ3n) is 3.33. The molecule has 114 valence electrons. The van der Waals surface area contributed by atoms with Crippen LogP contribution in [0.4, 0.5) is 16.0 Å². The Hall–Kier alpha value is -2.77. The number of rotatable bonds is 4. The van der Waals surface area contributed by atoms with Gasteiger partial charge in [0, 0.05) is 12.1 Å². The van der Waals surface area contributed by atoms with Crippen LogP contribution in [0.1, 0.15) is 25.2 Å². The normalized spacial score (nSPS) is 16.3. The molecule has 0 saturated carbocycles. The number of fused-ring (bicyclic) bond motifs is 1. The molecule has 7 nitrogen and oxygen atoms in total. The zero-order chi connectivity index (χ0) is 15.7. The van der Waals surface area contributed by atoms with Crippen molar-refractivity contribution in [1.82, 2.24) is 14.8 Å². The fourth-order valence-electron chi connectivity index (χ4n) is 2.22. The van der Waals surface area contributed by atoms with Gasteiger partial charge in [0.2, 0.25) is 11.9 Å². The van der Waals surface area contributed by atoms with Crippen LogP contribution in [0, 0.1) is 5.82 Å². The number of carbonyl (C=O) groups excluding carboxylic acids is 2. The van der Waals surface area contributed by atoms with E-state index in [0.29, 0.717) is 23.9 Å². The van der Waals surface area contributed by atoms with Crippen molar-refractivity contribution < 1.29 is 14.0 Å². The molecule has 1 aromatic heterocycles. The molecule has 2 N–H and O–H groups in total. The first-order valence-corrected chi connectivity index (χ1v) is 6.88. The molecule has 8 heteroatoms. The van der Waals surface area contributed by atoms with Crippen LogP contribution in [0.5, 0.6) is 0 Å². The standard InChI is InChI=1S/C14H14FN5O2/c1-2-11-17-14-18-13(22)10(20(14)19-11)7-12(21)16-9-5-3-8(15)4-6-9/h3-6,10H,2,7H2,1H3,(H,16,21)(H,17,18,19,22)/t10-/m0/s1. The summed E-state index contributed by atoms with van der Waals surface area (Å²) < 4.78 is 14.3. The molecular formula is C14H14FN5O2. The fourth-order valence-corrected chi connectivity index (χ4v) is 2.22. The molecule has 1 atom stereocenters. The Morgan fingerprint density at radius 1 is 1.41 bits per heavy atom. The van der Waals surface area contributed by atoms with Crippen LogP contribution in [-0.4, -0.2) is 26.6 Å². The predicted octanol–water partition coefficient (Wildman–Crippen LogP) is 1.50. The van der Waals surface area contributed by atoms with E-state index in [4.69, 9.17) is 0 Å². The maximum atomic E-state index is 12.8. The first-order valence-electron chi connectivity index (χ1n) is 6.88. The van der Waals surface area contributed by atoms with Crippen molar-refractivity contribution in [3.63, 3.8) is 0 Å².